The standard InChI is InChI=1S/C15H20N2O8/c1-9(2)14(21)25-8-24-13(20)4-3-12(19)23-6-5-10-7-11(18)17-15(22)16-10/h3-4,7,9,15-16,22H,5-6,8H2,1-2H3,(H,17,18)/b4-3+. The molecule has 0 aromatic heterocycles. The Morgan fingerprint density at radius 2 is 1.80 bits per heavy atom. The number of hydrogen-bond donors (Lipinski definition) is 3. The van der Waals surface area contributed by atoms with E-state index in [-0.39, 0.29) is 18.9 Å². The molecule has 25 heavy (non-hydrogen) atoms. The topological polar surface area (TPSA) is 140 Å². The lowest BCUT2D eigenvalue weighted by Crippen LogP contribution is -2.48. The summed E-state index contributed by atoms with van der Waals surface area (Å²) in [5, 5.41) is 14.0. The van der Waals surface area contributed by atoms with Crippen LogP contribution in [0.2, 0.25) is 0 Å². The molecule has 1 aliphatic heterocycles. The third-order valence-corrected chi connectivity index (χ3v) is 2.75. The maximum atomic E-state index is 11.4. The van der Waals surface area contributed by atoms with Gasteiger partial charge in [-0.25, -0.2) is 9.59 Å². The molecule has 0 aromatic carbocycles. The van der Waals surface area contributed by atoms with E-state index >= 15 is 0 Å². The van der Waals surface area contributed by atoms with Gasteiger partial charge >= 0.3 is 17.9 Å². The third-order valence-electron chi connectivity index (χ3n) is 2.75. The highest BCUT2D eigenvalue weighted by atomic mass is 16.7. The lowest BCUT2D eigenvalue weighted by atomic mass is 10.2. The smallest absolute Gasteiger partial charge is 0.333 e. The molecule has 138 valence electrons. The molecule has 10 nitrogen and oxygen atoms in total. The van der Waals surface area contributed by atoms with Gasteiger partial charge in [0.05, 0.1) is 12.5 Å². The molecule has 1 aliphatic rings. The highest BCUT2D eigenvalue weighted by molar-refractivity contribution is 5.91. The molecule has 0 radical (unpaired) electrons. The van der Waals surface area contributed by atoms with E-state index in [9.17, 15) is 24.3 Å². The summed E-state index contributed by atoms with van der Waals surface area (Å²) in [6, 6.07) is 0. The predicted molar refractivity (Wildman–Crippen MR) is 82.0 cm³/mol. The van der Waals surface area contributed by atoms with Gasteiger partial charge in [0, 0.05) is 30.3 Å². The second kappa shape index (κ2) is 10.1. The number of nitrogens with one attached hydrogen (secondary N) is 2. The van der Waals surface area contributed by atoms with Crippen molar-refractivity contribution < 1.29 is 38.5 Å². The summed E-state index contributed by atoms with van der Waals surface area (Å²) >= 11 is 0. The molecule has 0 fully saturated rings. The van der Waals surface area contributed by atoms with Crippen LogP contribution in [-0.4, -0.2) is 48.7 Å². The van der Waals surface area contributed by atoms with Gasteiger partial charge < -0.3 is 30.0 Å². The van der Waals surface area contributed by atoms with Crippen molar-refractivity contribution in [2.75, 3.05) is 13.4 Å². The van der Waals surface area contributed by atoms with Crippen molar-refractivity contribution in [2.45, 2.75) is 26.6 Å². The summed E-state index contributed by atoms with van der Waals surface area (Å²) in [5.41, 5.74) is 0.402. The minimum Gasteiger partial charge on any atom is -0.462 e. The zero-order valence-electron chi connectivity index (χ0n) is 13.8. The predicted octanol–water partition coefficient (Wildman–Crippen LogP) is -0.945. The quantitative estimate of drug-likeness (QED) is 0.285. The van der Waals surface area contributed by atoms with Crippen molar-refractivity contribution in [3.63, 3.8) is 0 Å². The number of aliphatic hydroxyl groups is 1. The molecule has 10 heteroatoms. The fourth-order valence-corrected chi connectivity index (χ4v) is 1.54. The first-order valence-corrected chi connectivity index (χ1v) is 7.42. The molecule has 0 saturated heterocycles. The first-order chi connectivity index (χ1) is 11.8. The van der Waals surface area contributed by atoms with Crippen LogP contribution in [0.5, 0.6) is 0 Å². The van der Waals surface area contributed by atoms with Gasteiger partial charge in [-0.2, -0.15) is 0 Å². The van der Waals surface area contributed by atoms with Gasteiger partial charge in [0.25, 0.3) is 0 Å². The van der Waals surface area contributed by atoms with E-state index in [1.165, 1.54) is 6.08 Å². The number of amides is 1. The maximum absolute atomic E-state index is 11.4. The van der Waals surface area contributed by atoms with Gasteiger partial charge in [0.1, 0.15) is 0 Å². The van der Waals surface area contributed by atoms with Crippen LogP contribution in [0.3, 0.4) is 0 Å². The molecule has 1 amide bonds. The van der Waals surface area contributed by atoms with Crippen LogP contribution in [0, 0.1) is 5.92 Å². The van der Waals surface area contributed by atoms with E-state index in [1.54, 1.807) is 13.8 Å². The van der Waals surface area contributed by atoms with E-state index in [1.807, 2.05) is 0 Å². The number of rotatable bonds is 8. The van der Waals surface area contributed by atoms with Crippen LogP contribution in [0.1, 0.15) is 20.3 Å². The van der Waals surface area contributed by atoms with Gasteiger partial charge in [0.2, 0.25) is 19.1 Å². The first kappa shape index (κ1) is 20.2. The molecule has 1 unspecified atom stereocenters. The number of esters is 3. The Labute approximate surface area is 143 Å². The summed E-state index contributed by atoms with van der Waals surface area (Å²) in [4.78, 5) is 45.0. The Balaban J connectivity index is 2.22. The zero-order valence-corrected chi connectivity index (χ0v) is 13.8. The Kier molecular flexibility index (Phi) is 8.13. The number of ether oxygens (including phenoxy) is 3. The van der Waals surface area contributed by atoms with E-state index in [0.717, 1.165) is 12.2 Å². The molecule has 0 spiro atoms. The molecule has 3 N–H and O–H groups in total. The molecule has 0 bridgehead atoms. The minimum absolute atomic E-state index is 0.0664. The van der Waals surface area contributed by atoms with Crippen molar-refractivity contribution in [3.05, 3.63) is 23.9 Å². The largest absolute Gasteiger partial charge is 0.462 e. The Hall–Kier alpha value is -2.88. The van der Waals surface area contributed by atoms with Crippen LogP contribution in [0.15, 0.2) is 23.9 Å². The van der Waals surface area contributed by atoms with Gasteiger partial charge in [-0.15, -0.1) is 0 Å². The Morgan fingerprint density at radius 1 is 1.16 bits per heavy atom. The molecule has 1 rings (SSSR count). The van der Waals surface area contributed by atoms with Crippen molar-refractivity contribution in [1.29, 1.82) is 0 Å². The average Bonchev–Trinajstić information content (AvgIpc) is 2.51. The Morgan fingerprint density at radius 3 is 2.40 bits per heavy atom. The lowest BCUT2D eigenvalue weighted by Gasteiger charge is -2.21. The van der Waals surface area contributed by atoms with Crippen molar-refractivity contribution in [1.82, 2.24) is 10.6 Å². The number of carbonyl (C=O) groups excluding carboxylic acids is 4. The SMILES string of the molecule is CC(C)C(=O)OCOC(=O)/C=C/C(=O)OCCC1=CC(=O)NC(O)N1. The van der Waals surface area contributed by atoms with Crippen LogP contribution in [-0.2, 0) is 33.4 Å². The highest BCUT2D eigenvalue weighted by Gasteiger charge is 2.15. The third kappa shape index (κ3) is 8.51. The number of hydrogen-bond acceptors (Lipinski definition) is 9. The van der Waals surface area contributed by atoms with E-state index in [4.69, 9.17) is 4.74 Å². The number of carbonyl (C=O) groups is 4. The summed E-state index contributed by atoms with van der Waals surface area (Å²) in [5.74, 6) is -2.98. The summed E-state index contributed by atoms with van der Waals surface area (Å²) < 4.78 is 14.0. The molecular formula is C15H20N2O8. The van der Waals surface area contributed by atoms with Gasteiger partial charge in [-0.1, -0.05) is 13.8 Å². The molecular weight excluding hydrogens is 336 g/mol. The van der Waals surface area contributed by atoms with E-state index in [0.29, 0.717) is 5.70 Å². The zero-order chi connectivity index (χ0) is 18.8. The second-order valence-corrected chi connectivity index (χ2v) is 5.18. The van der Waals surface area contributed by atoms with Crippen molar-refractivity contribution in [2.24, 2.45) is 5.92 Å². The van der Waals surface area contributed by atoms with E-state index < -0.39 is 37.0 Å². The fourth-order valence-electron chi connectivity index (χ4n) is 1.54. The second-order valence-electron chi connectivity index (χ2n) is 5.18. The van der Waals surface area contributed by atoms with E-state index in [2.05, 4.69) is 20.1 Å². The van der Waals surface area contributed by atoms with Crippen molar-refractivity contribution >= 4 is 23.8 Å². The van der Waals surface area contributed by atoms with Crippen LogP contribution in [0.4, 0.5) is 0 Å². The van der Waals surface area contributed by atoms with Gasteiger partial charge in [0.15, 0.2) is 0 Å². The minimum atomic E-state index is -1.19. The maximum Gasteiger partial charge on any atom is 0.333 e. The van der Waals surface area contributed by atoms with Crippen molar-refractivity contribution in [3.8, 4) is 0 Å². The fraction of sp³-hybridized carbons (Fsp3) is 0.467. The molecule has 0 aliphatic carbocycles. The molecule has 0 saturated carbocycles. The summed E-state index contributed by atoms with van der Waals surface area (Å²) in [6.07, 6.45) is 1.91. The van der Waals surface area contributed by atoms with Gasteiger partial charge in [-0.05, 0) is 0 Å². The average molecular weight is 356 g/mol. The van der Waals surface area contributed by atoms with Crippen LogP contribution in [0.25, 0.3) is 0 Å². The van der Waals surface area contributed by atoms with Gasteiger partial charge in [-0.3, -0.25) is 9.59 Å². The summed E-state index contributed by atoms with van der Waals surface area (Å²) in [6.45, 7) is 2.65. The molecule has 0 aromatic rings. The summed E-state index contributed by atoms with van der Waals surface area (Å²) in [7, 11) is 0. The van der Waals surface area contributed by atoms with Crippen LogP contribution < -0.4 is 10.6 Å². The lowest BCUT2D eigenvalue weighted by molar-refractivity contribution is -0.166. The first-order valence-electron chi connectivity index (χ1n) is 7.42. The van der Waals surface area contributed by atoms with Crippen LogP contribution >= 0.6 is 0 Å². The normalized spacial score (nSPS) is 16.7. The highest BCUT2D eigenvalue weighted by Crippen LogP contribution is 2.02. The molecule has 1 atom stereocenters. The molecule has 1 heterocycles. The monoisotopic (exact) mass is 356 g/mol. The Bertz CT molecular complexity index is 582. The number of aliphatic hydroxyl groups excluding tert-OH is 1.